The molecule has 0 amide bonds. The molecular formula is C38H72N4O8. The van der Waals surface area contributed by atoms with E-state index in [0.29, 0.717) is 51.4 Å². The van der Waals surface area contributed by atoms with Gasteiger partial charge in [-0.2, -0.15) is 20.3 Å². The fourth-order valence-corrected chi connectivity index (χ4v) is 7.99. The van der Waals surface area contributed by atoms with Gasteiger partial charge in [0.15, 0.2) is 0 Å². The van der Waals surface area contributed by atoms with Crippen molar-refractivity contribution < 1.29 is 40.0 Å². The highest BCUT2D eigenvalue weighted by molar-refractivity contribution is 5.83. The smallest absolute Gasteiger partial charge is 0.136 e. The third-order valence-electron chi connectivity index (χ3n) is 9.63. The molecule has 0 aromatic heterocycles. The number of hydroxylamine groups is 8. The van der Waals surface area contributed by atoms with Crippen LogP contribution in [0.4, 0.5) is 0 Å². The maximum absolute atomic E-state index is 11.3. The number of Topliss-reactive ketones (excluding diaryl/α,β-unsaturated/α-hetero) is 4. The van der Waals surface area contributed by atoms with Crippen molar-refractivity contribution in [1.82, 2.24) is 20.3 Å². The fourth-order valence-electron chi connectivity index (χ4n) is 7.99. The highest BCUT2D eigenvalue weighted by atomic mass is 16.5. The van der Waals surface area contributed by atoms with E-state index < -0.39 is 44.3 Å². The van der Waals surface area contributed by atoms with Crippen LogP contribution in [0.3, 0.4) is 0 Å². The number of carbonyl (C=O) groups is 4. The number of ketones is 4. The zero-order chi connectivity index (χ0) is 40.3. The fraction of sp³-hybridized carbons (Fsp3) is 0.842. The van der Waals surface area contributed by atoms with Crippen LogP contribution in [0.5, 0.6) is 0 Å². The monoisotopic (exact) mass is 713 g/mol. The van der Waals surface area contributed by atoms with Crippen molar-refractivity contribution in [2.24, 2.45) is 0 Å². The van der Waals surface area contributed by atoms with Crippen molar-refractivity contribution in [3.05, 3.63) is 13.2 Å². The summed E-state index contributed by atoms with van der Waals surface area (Å²) >= 11 is 0. The first-order valence-corrected chi connectivity index (χ1v) is 17.6. The van der Waals surface area contributed by atoms with Crippen LogP contribution < -0.4 is 0 Å². The van der Waals surface area contributed by atoms with Gasteiger partial charge >= 0.3 is 0 Å². The summed E-state index contributed by atoms with van der Waals surface area (Å²) in [4.78, 5) is 45.2. The molecule has 0 aromatic rings. The molecule has 4 aliphatic heterocycles. The summed E-state index contributed by atoms with van der Waals surface area (Å²) in [7, 11) is 0. The lowest BCUT2D eigenvalue weighted by molar-refractivity contribution is -0.237. The molecule has 0 atom stereocenters. The number of hydrogen-bond acceptors (Lipinski definition) is 12. The summed E-state index contributed by atoms with van der Waals surface area (Å²) in [6.07, 6.45) is 3.50. The molecule has 50 heavy (non-hydrogen) atoms. The summed E-state index contributed by atoms with van der Waals surface area (Å²) < 4.78 is 0. The van der Waals surface area contributed by atoms with E-state index in [2.05, 4.69) is 13.2 Å². The molecule has 4 heterocycles. The molecule has 0 aromatic carbocycles. The third kappa shape index (κ3) is 12.6. The first-order valence-electron chi connectivity index (χ1n) is 17.6. The topological polar surface area (TPSA) is 162 Å². The maximum atomic E-state index is 11.3. The van der Waals surface area contributed by atoms with E-state index in [1.54, 1.807) is 0 Å². The van der Waals surface area contributed by atoms with E-state index >= 15 is 0 Å². The molecule has 0 bridgehead atoms. The van der Waals surface area contributed by atoms with E-state index in [4.69, 9.17) is 0 Å². The van der Waals surface area contributed by atoms with Crippen molar-refractivity contribution in [3.8, 4) is 0 Å². The molecule has 0 aliphatic carbocycles. The minimum absolute atomic E-state index is 0.232. The Bertz CT molecular complexity index is 955. The van der Waals surface area contributed by atoms with Gasteiger partial charge in [-0.3, -0.25) is 19.2 Å². The molecule has 0 saturated carbocycles. The van der Waals surface area contributed by atoms with Crippen molar-refractivity contribution >= 4 is 23.1 Å². The van der Waals surface area contributed by atoms with Crippen molar-refractivity contribution in [2.75, 3.05) is 0 Å². The second-order valence-corrected chi connectivity index (χ2v) is 19.3. The van der Waals surface area contributed by atoms with Crippen LogP contribution in [0, 0.1) is 0 Å². The van der Waals surface area contributed by atoms with Crippen molar-refractivity contribution in [1.29, 1.82) is 0 Å². The first kappa shape index (κ1) is 48.1. The number of nitrogens with zero attached hydrogens (tertiary/aromatic N) is 4. The van der Waals surface area contributed by atoms with Gasteiger partial charge in [0.2, 0.25) is 0 Å². The van der Waals surface area contributed by atoms with Crippen LogP contribution in [-0.4, -0.2) is 109 Å². The molecule has 12 heteroatoms. The lowest BCUT2D eigenvalue weighted by atomic mass is 9.81. The molecule has 4 fully saturated rings. The Labute approximate surface area is 302 Å². The van der Waals surface area contributed by atoms with Gasteiger partial charge in [0.05, 0.1) is 0 Å². The maximum Gasteiger partial charge on any atom is 0.136 e. The van der Waals surface area contributed by atoms with Gasteiger partial charge in [-0.15, -0.1) is 13.2 Å². The molecule has 4 aliphatic rings. The summed E-state index contributed by atoms with van der Waals surface area (Å²) in [6.45, 7) is 36.1. The average molecular weight is 713 g/mol. The van der Waals surface area contributed by atoms with E-state index in [-0.39, 0.29) is 23.1 Å². The highest BCUT2D eigenvalue weighted by Gasteiger charge is 2.47. The van der Waals surface area contributed by atoms with E-state index in [1.165, 1.54) is 20.3 Å². The Morgan fingerprint density at radius 1 is 0.320 bits per heavy atom. The molecule has 4 N–H and O–H groups in total. The SMILES string of the molecule is C=C.CC1(C)CC(=O)CC(C)(C)N1O.CC1(C)CC(=O)CC(C)(C)N1O.CC1(C)CC(=O)CC(C)(C)N1O.CC1(C)CC(=O)CC(C)(C)N1O. The molecule has 12 nitrogen and oxygen atoms in total. The summed E-state index contributed by atoms with van der Waals surface area (Å²) in [6, 6.07) is 0. The lowest BCUT2D eigenvalue weighted by Crippen LogP contribution is -2.59. The van der Waals surface area contributed by atoms with Gasteiger partial charge in [0, 0.05) is 95.7 Å². The largest absolute Gasteiger partial charge is 0.313 e. The minimum Gasteiger partial charge on any atom is -0.313 e. The van der Waals surface area contributed by atoms with Crippen LogP contribution in [0.25, 0.3) is 0 Å². The summed E-state index contributed by atoms with van der Waals surface area (Å²) in [5.74, 6) is 0.927. The van der Waals surface area contributed by atoms with Gasteiger partial charge in [0.25, 0.3) is 0 Å². The second kappa shape index (κ2) is 16.4. The molecule has 292 valence electrons. The lowest BCUT2D eigenvalue weighted by Gasteiger charge is -2.47. The molecule has 0 unspecified atom stereocenters. The first-order chi connectivity index (χ1) is 22.0. The van der Waals surface area contributed by atoms with Gasteiger partial charge in [-0.25, -0.2) is 0 Å². The molecule has 0 radical (unpaired) electrons. The Kier molecular flexibility index (Phi) is 15.8. The third-order valence-corrected chi connectivity index (χ3v) is 9.63. The van der Waals surface area contributed by atoms with Gasteiger partial charge in [0.1, 0.15) is 23.1 Å². The second-order valence-electron chi connectivity index (χ2n) is 19.3. The quantitative estimate of drug-likeness (QED) is 0.187. The van der Waals surface area contributed by atoms with E-state index in [9.17, 15) is 40.0 Å². The summed E-state index contributed by atoms with van der Waals surface area (Å²) in [5, 5.41) is 44.3. The predicted molar refractivity (Wildman–Crippen MR) is 195 cm³/mol. The molecule has 0 spiro atoms. The zero-order valence-corrected chi connectivity index (χ0v) is 34.3. The standard InChI is InChI=1S/4C9H17NO2.C2H4/c4*1-8(2)5-7(11)6-9(3,4)10(8)12;1-2/h4*12H,5-6H2,1-4H3;1-2H2. The summed E-state index contributed by atoms with van der Waals surface area (Å²) in [5.41, 5.74) is -3.34. The molecular weight excluding hydrogens is 640 g/mol. The highest BCUT2D eigenvalue weighted by Crippen LogP contribution is 2.37. The van der Waals surface area contributed by atoms with Crippen molar-refractivity contribution in [3.63, 3.8) is 0 Å². The Hall–Kier alpha value is -1.90. The Morgan fingerprint density at radius 3 is 0.480 bits per heavy atom. The van der Waals surface area contributed by atoms with Crippen LogP contribution in [-0.2, 0) is 19.2 Å². The number of rotatable bonds is 0. The van der Waals surface area contributed by atoms with Gasteiger partial charge in [-0.1, -0.05) is 0 Å². The van der Waals surface area contributed by atoms with Crippen molar-refractivity contribution in [2.45, 2.75) is 206 Å². The normalized spacial score (nSPS) is 27.8. The number of carbonyl (C=O) groups excluding carboxylic acids is 4. The molecule has 4 rings (SSSR count). The van der Waals surface area contributed by atoms with Gasteiger partial charge < -0.3 is 20.8 Å². The Balaban J connectivity index is 0.000000629. The minimum atomic E-state index is -0.418. The zero-order valence-electron chi connectivity index (χ0n) is 34.3. The van der Waals surface area contributed by atoms with Crippen LogP contribution >= 0.6 is 0 Å². The van der Waals surface area contributed by atoms with E-state index in [0.717, 1.165) is 0 Å². The number of piperidine rings is 4. The van der Waals surface area contributed by atoms with Crippen LogP contribution in [0.2, 0.25) is 0 Å². The van der Waals surface area contributed by atoms with Crippen LogP contribution in [0.15, 0.2) is 13.2 Å². The molecule has 4 saturated heterocycles. The number of hydrogen-bond donors (Lipinski definition) is 4. The van der Waals surface area contributed by atoms with Crippen LogP contribution in [0.1, 0.15) is 162 Å². The van der Waals surface area contributed by atoms with E-state index in [1.807, 2.05) is 111 Å². The van der Waals surface area contributed by atoms with Gasteiger partial charge in [-0.05, 0) is 111 Å². The average Bonchev–Trinajstić information content (AvgIpc) is 2.88. The predicted octanol–water partition coefficient (Wildman–Crippen LogP) is 7.19. The Morgan fingerprint density at radius 2 is 0.400 bits per heavy atom.